The molecule has 0 heterocycles. The fourth-order valence-electron chi connectivity index (χ4n) is 2.89. The molecule has 0 aliphatic carbocycles. The van der Waals surface area contributed by atoms with E-state index in [4.69, 9.17) is 4.74 Å². The van der Waals surface area contributed by atoms with E-state index in [2.05, 4.69) is 17.4 Å². The number of carbonyl (C=O) groups is 1. The van der Waals surface area contributed by atoms with Gasteiger partial charge in [-0.15, -0.1) is 11.8 Å². The zero-order valence-corrected chi connectivity index (χ0v) is 16.3. The molecular formula is C23H23NO2S. The second-order valence-corrected chi connectivity index (χ2v) is 7.22. The Morgan fingerprint density at radius 3 is 2.41 bits per heavy atom. The highest BCUT2D eigenvalue weighted by molar-refractivity contribution is 7.98. The molecule has 1 atom stereocenters. The minimum absolute atomic E-state index is 0.0791. The lowest BCUT2D eigenvalue weighted by atomic mass is 10.1. The van der Waals surface area contributed by atoms with Crippen LogP contribution >= 0.6 is 11.8 Å². The molecule has 0 bridgehead atoms. The molecule has 138 valence electrons. The van der Waals surface area contributed by atoms with Gasteiger partial charge in [-0.3, -0.25) is 4.79 Å². The number of hydrogen-bond donors (Lipinski definition) is 1. The van der Waals surface area contributed by atoms with Gasteiger partial charge in [0, 0.05) is 16.2 Å². The Balaban J connectivity index is 1.73. The molecule has 3 rings (SSSR count). The molecule has 1 amide bonds. The number of para-hydroxylation sites is 1. The lowest BCUT2D eigenvalue weighted by molar-refractivity contribution is 0.0936. The summed E-state index contributed by atoms with van der Waals surface area (Å²) in [6.45, 7) is 1.97. The van der Waals surface area contributed by atoms with Crippen LogP contribution in [0.5, 0.6) is 5.75 Å². The Morgan fingerprint density at radius 2 is 1.63 bits per heavy atom. The summed E-state index contributed by atoms with van der Waals surface area (Å²) in [6.07, 6.45) is 0. The molecule has 0 aliphatic heterocycles. The monoisotopic (exact) mass is 377 g/mol. The topological polar surface area (TPSA) is 38.3 Å². The van der Waals surface area contributed by atoms with Gasteiger partial charge in [0.1, 0.15) is 5.75 Å². The first-order valence-electron chi connectivity index (χ1n) is 8.88. The SMILES string of the molecule is COc1ccccc1[C@H](C)NC(=O)c1ccccc1SCc1ccccc1. The minimum Gasteiger partial charge on any atom is -0.496 e. The van der Waals surface area contributed by atoms with Crippen LogP contribution in [0.2, 0.25) is 0 Å². The van der Waals surface area contributed by atoms with Gasteiger partial charge in [-0.1, -0.05) is 60.7 Å². The van der Waals surface area contributed by atoms with Gasteiger partial charge >= 0.3 is 0 Å². The predicted molar refractivity (Wildman–Crippen MR) is 111 cm³/mol. The van der Waals surface area contributed by atoms with Gasteiger partial charge in [-0.05, 0) is 30.7 Å². The smallest absolute Gasteiger partial charge is 0.252 e. The molecular weight excluding hydrogens is 354 g/mol. The van der Waals surface area contributed by atoms with Gasteiger partial charge < -0.3 is 10.1 Å². The first kappa shape index (κ1) is 19.1. The summed E-state index contributed by atoms with van der Waals surface area (Å²) >= 11 is 1.67. The van der Waals surface area contributed by atoms with Crippen molar-refractivity contribution in [1.82, 2.24) is 5.32 Å². The van der Waals surface area contributed by atoms with E-state index in [0.29, 0.717) is 5.56 Å². The lowest BCUT2D eigenvalue weighted by Crippen LogP contribution is -2.27. The number of thioether (sulfide) groups is 1. The third-order valence-corrected chi connectivity index (χ3v) is 5.47. The Labute approximate surface area is 164 Å². The molecule has 3 aromatic carbocycles. The molecule has 0 spiro atoms. The van der Waals surface area contributed by atoms with Crippen molar-refractivity contribution in [1.29, 1.82) is 0 Å². The van der Waals surface area contributed by atoms with Crippen LogP contribution in [0.15, 0.2) is 83.8 Å². The molecule has 3 aromatic rings. The van der Waals surface area contributed by atoms with Crippen molar-refractivity contribution in [3.63, 3.8) is 0 Å². The third-order valence-electron chi connectivity index (χ3n) is 4.32. The van der Waals surface area contributed by atoms with Crippen LogP contribution in [0.3, 0.4) is 0 Å². The highest BCUT2D eigenvalue weighted by Gasteiger charge is 2.17. The van der Waals surface area contributed by atoms with Crippen molar-refractivity contribution < 1.29 is 9.53 Å². The molecule has 0 fully saturated rings. The highest BCUT2D eigenvalue weighted by Crippen LogP contribution is 2.28. The lowest BCUT2D eigenvalue weighted by Gasteiger charge is -2.18. The average Bonchev–Trinajstić information content (AvgIpc) is 2.73. The van der Waals surface area contributed by atoms with E-state index in [1.54, 1.807) is 18.9 Å². The van der Waals surface area contributed by atoms with Gasteiger partial charge in [0.25, 0.3) is 5.91 Å². The van der Waals surface area contributed by atoms with E-state index in [1.807, 2.05) is 73.7 Å². The Bertz CT molecular complexity index is 896. The van der Waals surface area contributed by atoms with Gasteiger partial charge in [0.2, 0.25) is 0 Å². The van der Waals surface area contributed by atoms with E-state index >= 15 is 0 Å². The third kappa shape index (κ3) is 4.92. The molecule has 0 saturated heterocycles. The molecule has 1 N–H and O–H groups in total. The van der Waals surface area contributed by atoms with Crippen LogP contribution in [-0.2, 0) is 5.75 Å². The molecule has 0 unspecified atom stereocenters. The molecule has 0 radical (unpaired) electrons. The van der Waals surface area contributed by atoms with Crippen LogP contribution in [0.1, 0.15) is 34.5 Å². The molecule has 0 aliphatic rings. The standard InChI is InChI=1S/C23H23NO2S/c1-17(19-12-6-8-14-21(19)26-2)24-23(25)20-13-7-9-15-22(20)27-16-18-10-4-3-5-11-18/h3-15,17H,16H2,1-2H3,(H,24,25)/t17-/m0/s1. The van der Waals surface area contributed by atoms with E-state index in [0.717, 1.165) is 22.0 Å². The van der Waals surface area contributed by atoms with Gasteiger partial charge in [0.15, 0.2) is 0 Å². The Hall–Kier alpha value is -2.72. The second kappa shape index (κ2) is 9.28. The minimum atomic E-state index is -0.152. The summed E-state index contributed by atoms with van der Waals surface area (Å²) in [5.41, 5.74) is 2.89. The molecule has 0 saturated carbocycles. The van der Waals surface area contributed by atoms with E-state index < -0.39 is 0 Å². The largest absolute Gasteiger partial charge is 0.496 e. The number of amides is 1. The normalized spacial score (nSPS) is 11.6. The van der Waals surface area contributed by atoms with Gasteiger partial charge in [0.05, 0.1) is 18.7 Å². The average molecular weight is 378 g/mol. The van der Waals surface area contributed by atoms with Crippen molar-refractivity contribution in [3.8, 4) is 5.75 Å². The summed E-state index contributed by atoms with van der Waals surface area (Å²) < 4.78 is 5.41. The van der Waals surface area contributed by atoms with Gasteiger partial charge in [-0.2, -0.15) is 0 Å². The van der Waals surface area contributed by atoms with Crippen LogP contribution in [0.25, 0.3) is 0 Å². The van der Waals surface area contributed by atoms with Crippen molar-refractivity contribution in [2.24, 2.45) is 0 Å². The van der Waals surface area contributed by atoms with Gasteiger partial charge in [-0.25, -0.2) is 0 Å². The summed E-state index contributed by atoms with van der Waals surface area (Å²) in [4.78, 5) is 13.9. The Kier molecular flexibility index (Phi) is 6.55. The fourth-order valence-corrected chi connectivity index (χ4v) is 3.90. The quantitative estimate of drug-likeness (QED) is 0.554. The van der Waals surface area contributed by atoms with Crippen molar-refractivity contribution in [3.05, 3.63) is 95.6 Å². The summed E-state index contributed by atoms with van der Waals surface area (Å²) in [5.74, 6) is 1.52. The fraction of sp³-hybridized carbons (Fsp3) is 0.174. The maximum atomic E-state index is 12.9. The highest BCUT2D eigenvalue weighted by atomic mass is 32.2. The first-order chi connectivity index (χ1) is 13.2. The van der Waals surface area contributed by atoms with Crippen LogP contribution in [0, 0.1) is 0 Å². The number of methoxy groups -OCH3 is 1. The van der Waals surface area contributed by atoms with Crippen molar-refractivity contribution >= 4 is 17.7 Å². The molecule has 3 nitrogen and oxygen atoms in total. The maximum Gasteiger partial charge on any atom is 0.252 e. The predicted octanol–water partition coefficient (Wildman–Crippen LogP) is 5.48. The number of benzene rings is 3. The number of ether oxygens (including phenoxy) is 1. The number of nitrogens with one attached hydrogen (secondary N) is 1. The van der Waals surface area contributed by atoms with Crippen molar-refractivity contribution in [2.45, 2.75) is 23.6 Å². The summed E-state index contributed by atoms with van der Waals surface area (Å²) in [6, 6.07) is 25.6. The van der Waals surface area contributed by atoms with E-state index in [9.17, 15) is 4.79 Å². The molecule has 27 heavy (non-hydrogen) atoms. The van der Waals surface area contributed by atoms with Crippen LogP contribution < -0.4 is 10.1 Å². The van der Waals surface area contributed by atoms with E-state index in [1.165, 1.54) is 5.56 Å². The number of carbonyl (C=O) groups excluding carboxylic acids is 1. The van der Waals surface area contributed by atoms with Crippen molar-refractivity contribution in [2.75, 3.05) is 7.11 Å². The maximum absolute atomic E-state index is 12.9. The summed E-state index contributed by atoms with van der Waals surface area (Å²) in [7, 11) is 1.64. The first-order valence-corrected chi connectivity index (χ1v) is 9.87. The molecule has 0 aromatic heterocycles. The zero-order chi connectivity index (χ0) is 19.1. The van der Waals surface area contributed by atoms with Crippen LogP contribution in [0.4, 0.5) is 0 Å². The summed E-state index contributed by atoms with van der Waals surface area (Å²) in [5, 5.41) is 3.09. The van der Waals surface area contributed by atoms with Crippen LogP contribution in [-0.4, -0.2) is 13.0 Å². The Morgan fingerprint density at radius 1 is 0.963 bits per heavy atom. The number of rotatable bonds is 7. The second-order valence-electron chi connectivity index (χ2n) is 6.21. The van der Waals surface area contributed by atoms with E-state index in [-0.39, 0.29) is 11.9 Å². The zero-order valence-electron chi connectivity index (χ0n) is 15.5. The molecule has 4 heteroatoms. The number of hydrogen-bond acceptors (Lipinski definition) is 3.